The van der Waals surface area contributed by atoms with Gasteiger partial charge in [-0.3, -0.25) is 0 Å². The largest absolute Gasteiger partial charge is 0.504 e. The Kier molecular flexibility index (Phi) is 5.42. The Balaban J connectivity index is 1.64. The van der Waals surface area contributed by atoms with Crippen LogP contribution in [0.1, 0.15) is 42.6 Å². The maximum atomic E-state index is 13.4. The lowest BCUT2D eigenvalue weighted by atomic mass is 9.91. The molecule has 1 heterocycles. The fraction of sp³-hybridized carbons (Fsp3) is 0.259. The SMILES string of the molecule is COc1ccc2cccc(C(C)c3oc(NC4CC4)c(-c4cccc(C(F)(F)F)c4)c3O)c2c1. The summed E-state index contributed by atoms with van der Waals surface area (Å²) in [6.45, 7) is 1.91. The minimum absolute atomic E-state index is 0.158. The molecule has 1 aliphatic rings. The zero-order valence-electron chi connectivity index (χ0n) is 18.7. The van der Waals surface area contributed by atoms with Gasteiger partial charge in [-0.05, 0) is 59.0 Å². The van der Waals surface area contributed by atoms with Crippen LogP contribution in [-0.2, 0) is 6.18 Å². The molecule has 3 aromatic carbocycles. The molecule has 5 rings (SSSR count). The standard InChI is InChI=1S/C27H24F3NO3/c1-15(21-8-4-5-16-9-12-20(33-2)14-22(16)21)25-24(32)23(26(34-25)31-19-10-11-19)17-6-3-7-18(13-17)27(28,29)30/h3-9,12-15,19,31-32H,10-11H2,1-2H3. The summed E-state index contributed by atoms with van der Waals surface area (Å²) in [5.41, 5.74) is 0.627. The number of hydrogen-bond acceptors (Lipinski definition) is 4. The Morgan fingerprint density at radius 1 is 1.06 bits per heavy atom. The lowest BCUT2D eigenvalue weighted by Gasteiger charge is -2.14. The topological polar surface area (TPSA) is 54.6 Å². The van der Waals surface area contributed by atoms with Crippen LogP contribution in [0.5, 0.6) is 11.5 Å². The summed E-state index contributed by atoms with van der Waals surface area (Å²) in [6.07, 6.45) is -2.60. The van der Waals surface area contributed by atoms with Crippen molar-refractivity contribution in [3.05, 3.63) is 77.6 Å². The molecule has 34 heavy (non-hydrogen) atoms. The molecule has 4 nitrogen and oxygen atoms in total. The van der Waals surface area contributed by atoms with E-state index in [-0.39, 0.29) is 28.8 Å². The Morgan fingerprint density at radius 2 is 1.82 bits per heavy atom. The zero-order valence-corrected chi connectivity index (χ0v) is 18.7. The summed E-state index contributed by atoms with van der Waals surface area (Å²) in [6, 6.07) is 16.8. The first-order chi connectivity index (χ1) is 16.3. The van der Waals surface area contributed by atoms with Crippen LogP contribution in [0.4, 0.5) is 19.1 Å². The molecule has 4 aromatic rings. The van der Waals surface area contributed by atoms with Crippen molar-refractivity contribution in [1.29, 1.82) is 0 Å². The molecule has 1 aliphatic carbocycles. The molecular weight excluding hydrogens is 443 g/mol. The number of alkyl halides is 3. The lowest BCUT2D eigenvalue weighted by Crippen LogP contribution is -2.05. The summed E-state index contributed by atoms with van der Waals surface area (Å²) in [4.78, 5) is 0. The quantitative estimate of drug-likeness (QED) is 0.307. The molecule has 0 spiro atoms. The van der Waals surface area contributed by atoms with E-state index >= 15 is 0 Å². The minimum atomic E-state index is -4.49. The van der Waals surface area contributed by atoms with Gasteiger partial charge in [-0.1, -0.05) is 43.3 Å². The molecule has 1 atom stereocenters. The second kappa shape index (κ2) is 8.31. The Bertz CT molecular complexity index is 1360. The normalized spacial score (nSPS) is 14.9. The molecule has 0 radical (unpaired) electrons. The first-order valence-electron chi connectivity index (χ1n) is 11.1. The molecular formula is C27H24F3NO3. The van der Waals surface area contributed by atoms with Crippen molar-refractivity contribution in [2.45, 2.75) is 37.9 Å². The molecule has 7 heteroatoms. The van der Waals surface area contributed by atoms with Gasteiger partial charge in [0.2, 0.25) is 5.88 Å². The van der Waals surface area contributed by atoms with Gasteiger partial charge in [0.25, 0.3) is 0 Å². The van der Waals surface area contributed by atoms with Crippen LogP contribution in [0.15, 0.2) is 65.1 Å². The van der Waals surface area contributed by atoms with E-state index in [0.29, 0.717) is 17.4 Å². The predicted molar refractivity (Wildman–Crippen MR) is 125 cm³/mol. The number of furan rings is 1. The third-order valence-corrected chi connectivity index (χ3v) is 6.28. The minimum Gasteiger partial charge on any atom is -0.504 e. The van der Waals surface area contributed by atoms with Gasteiger partial charge in [0, 0.05) is 12.0 Å². The Morgan fingerprint density at radius 3 is 2.53 bits per heavy atom. The number of anilines is 1. The number of fused-ring (bicyclic) bond motifs is 1. The second-order valence-corrected chi connectivity index (χ2v) is 8.67. The van der Waals surface area contributed by atoms with Gasteiger partial charge < -0.3 is 19.6 Å². The van der Waals surface area contributed by atoms with Crippen LogP contribution >= 0.6 is 0 Å². The van der Waals surface area contributed by atoms with Crippen molar-refractivity contribution < 1.29 is 27.4 Å². The van der Waals surface area contributed by atoms with Crippen LogP contribution in [-0.4, -0.2) is 18.3 Å². The van der Waals surface area contributed by atoms with Gasteiger partial charge in [0.05, 0.1) is 18.2 Å². The number of halogens is 3. The smallest absolute Gasteiger partial charge is 0.416 e. The van der Waals surface area contributed by atoms with Crippen molar-refractivity contribution >= 4 is 16.7 Å². The summed E-state index contributed by atoms with van der Waals surface area (Å²) in [5.74, 6) is 0.770. The number of methoxy groups -OCH3 is 1. The summed E-state index contributed by atoms with van der Waals surface area (Å²) < 4.78 is 51.6. The molecule has 2 N–H and O–H groups in total. The highest BCUT2D eigenvalue weighted by molar-refractivity contribution is 5.88. The van der Waals surface area contributed by atoms with Crippen molar-refractivity contribution in [1.82, 2.24) is 0 Å². The second-order valence-electron chi connectivity index (χ2n) is 8.67. The fourth-order valence-corrected chi connectivity index (χ4v) is 4.29. The van der Waals surface area contributed by atoms with Crippen LogP contribution in [0.2, 0.25) is 0 Å². The van der Waals surface area contributed by atoms with Crippen molar-refractivity contribution in [3.63, 3.8) is 0 Å². The van der Waals surface area contributed by atoms with Gasteiger partial charge in [0.15, 0.2) is 11.5 Å². The number of rotatable bonds is 6. The van der Waals surface area contributed by atoms with E-state index < -0.39 is 11.7 Å². The predicted octanol–water partition coefficient (Wildman–Crippen LogP) is 7.56. The first-order valence-corrected chi connectivity index (χ1v) is 11.1. The molecule has 0 bridgehead atoms. The molecule has 1 aromatic heterocycles. The van der Waals surface area contributed by atoms with Crippen LogP contribution < -0.4 is 10.1 Å². The number of hydrogen-bond donors (Lipinski definition) is 2. The molecule has 0 aliphatic heterocycles. The van der Waals surface area contributed by atoms with E-state index in [0.717, 1.165) is 41.3 Å². The fourth-order valence-electron chi connectivity index (χ4n) is 4.29. The van der Waals surface area contributed by atoms with Crippen molar-refractivity contribution in [3.8, 4) is 22.6 Å². The van der Waals surface area contributed by atoms with E-state index in [4.69, 9.17) is 9.15 Å². The Hall–Kier alpha value is -3.61. The van der Waals surface area contributed by atoms with Gasteiger partial charge in [-0.15, -0.1) is 0 Å². The maximum absolute atomic E-state index is 13.4. The highest BCUT2D eigenvalue weighted by Gasteiger charge is 2.33. The van der Waals surface area contributed by atoms with Gasteiger partial charge in [-0.2, -0.15) is 13.2 Å². The zero-order chi connectivity index (χ0) is 24.0. The van der Waals surface area contributed by atoms with Gasteiger partial charge >= 0.3 is 6.18 Å². The highest BCUT2D eigenvalue weighted by Crippen LogP contribution is 2.48. The molecule has 1 saturated carbocycles. The average molecular weight is 467 g/mol. The van der Waals surface area contributed by atoms with E-state index in [2.05, 4.69) is 5.32 Å². The summed E-state index contributed by atoms with van der Waals surface area (Å²) in [7, 11) is 1.60. The van der Waals surface area contributed by atoms with Crippen LogP contribution in [0, 0.1) is 0 Å². The van der Waals surface area contributed by atoms with E-state index in [1.807, 2.05) is 43.3 Å². The van der Waals surface area contributed by atoms with Crippen LogP contribution in [0.25, 0.3) is 21.9 Å². The molecule has 1 fully saturated rings. The summed E-state index contributed by atoms with van der Waals surface area (Å²) >= 11 is 0. The van der Waals surface area contributed by atoms with Gasteiger partial charge in [-0.25, -0.2) is 0 Å². The molecule has 1 unspecified atom stereocenters. The van der Waals surface area contributed by atoms with Crippen molar-refractivity contribution in [2.24, 2.45) is 0 Å². The van der Waals surface area contributed by atoms with Crippen LogP contribution in [0.3, 0.4) is 0 Å². The van der Waals surface area contributed by atoms with E-state index in [1.54, 1.807) is 13.2 Å². The van der Waals surface area contributed by atoms with E-state index in [9.17, 15) is 18.3 Å². The monoisotopic (exact) mass is 467 g/mol. The molecule has 0 saturated heterocycles. The lowest BCUT2D eigenvalue weighted by molar-refractivity contribution is -0.137. The average Bonchev–Trinajstić information content (AvgIpc) is 3.58. The van der Waals surface area contributed by atoms with Gasteiger partial charge in [0.1, 0.15) is 5.75 Å². The van der Waals surface area contributed by atoms with Crippen molar-refractivity contribution in [2.75, 3.05) is 12.4 Å². The number of ether oxygens (including phenoxy) is 1. The third kappa shape index (κ3) is 4.06. The summed E-state index contributed by atoms with van der Waals surface area (Å²) in [5, 5.41) is 16.4. The number of benzene rings is 3. The maximum Gasteiger partial charge on any atom is 0.416 e. The molecule has 176 valence electrons. The first kappa shape index (κ1) is 22.2. The Labute approximate surface area is 195 Å². The highest BCUT2D eigenvalue weighted by atomic mass is 19.4. The molecule has 0 amide bonds. The van der Waals surface area contributed by atoms with E-state index in [1.165, 1.54) is 6.07 Å². The number of aromatic hydroxyl groups is 1. The third-order valence-electron chi connectivity index (χ3n) is 6.28. The number of nitrogens with one attached hydrogen (secondary N) is 1.